The molecule has 2 saturated carbocycles. The Balaban J connectivity index is 1.35. The van der Waals surface area contributed by atoms with Crippen molar-refractivity contribution in [2.24, 2.45) is 17.8 Å². The number of carbonyl (C=O) groups excluding carboxylic acids is 2. The third kappa shape index (κ3) is 3.49. The average molecular weight is 411 g/mol. The summed E-state index contributed by atoms with van der Waals surface area (Å²) < 4.78 is 5.83. The Morgan fingerprint density at radius 3 is 2.46 bits per heavy atom. The fourth-order valence-electron chi connectivity index (χ4n) is 4.85. The molecule has 4 rings (SSSR count). The van der Waals surface area contributed by atoms with E-state index in [1.54, 1.807) is 0 Å². The molecule has 0 N–H and O–H groups in total. The van der Waals surface area contributed by atoms with Crippen molar-refractivity contribution in [3.63, 3.8) is 0 Å². The minimum absolute atomic E-state index is 0.0138. The first-order valence-corrected chi connectivity index (χ1v) is 12.5. The van der Waals surface area contributed by atoms with Crippen LogP contribution in [0.25, 0.3) is 0 Å². The van der Waals surface area contributed by atoms with E-state index in [9.17, 15) is 9.59 Å². The molecular formula is C20H26O3S3. The molecule has 26 heavy (non-hydrogen) atoms. The molecule has 2 bridgehead atoms. The third-order valence-corrected chi connectivity index (χ3v) is 11.4. The predicted octanol–water partition coefficient (Wildman–Crippen LogP) is 5.04. The minimum atomic E-state index is -0.148. The lowest BCUT2D eigenvalue weighted by Gasteiger charge is -2.51. The largest absolute Gasteiger partial charge is 0.457 e. The molecule has 2 unspecified atom stereocenters. The number of hydrogen-bond acceptors (Lipinski definition) is 6. The van der Waals surface area contributed by atoms with Crippen molar-refractivity contribution < 1.29 is 14.3 Å². The first-order chi connectivity index (χ1) is 12.6. The summed E-state index contributed by atoms with van der Waals surface area (Å²) in [5, 5.41) is 0. The van der Waals surface area contributed by atoms with Gasteiger partial charge in [0.15, 0.2) is 6.61 Å². The lowest BCUT2D eigenvalue weighted by molar-refractivity contribution is -0.150. The second-order valence-corrected chi connectivity index (χ2v) is 11.7. The van der Waals surface area contributed by atoms with Crippen molar-refractivity contribution in [1.29, 1.82) is 0 Å². The van der Waals surface area contributed by atoms with E-state index in [1.165, 1.54) is 47.0 Å². The van der Waals surface area contributed by atoms with Crippen LogP contribution in [0.15, 0.2) is 12.1 Å². The smallest absolute Gasteiger partial charge is 0.309 e. The Kier molecular flexibility index (Phi) is 5.72. The Morgan fingerprint density at radius 1 is 1.15 bits per heavy atom. The average Bonchev–Trinajstić information content (AvgIpc) is 3.29. The molecule has 1 saturated heterocycles. The Morgan fingerprint density at radius 2 is 1.85 bits per heavy atom. The number of ketones is 1. The Bertz CT molecular complexity index is 662. The van der Waals surface area contributed by atoms with Gasteiger partial charge in [-0.25, -0.2) is 0 Å². The van der Waals surface area contributed by atoms with Gasteiger partial charge in [-0.15, -0.1) is 34.9 Å². The van der Waals surface area contributed by atoms with Gasteiger partial charge in [0.1, 0.15) is 0 Å². The SMILES string of the molecule is CCc1ccc(C(=O)COC(=O)C2CC3CCCC(C2)C32SCCS2)s1. The highest BCUT2D eigenvalue weighted by Gasteiger charge is 2.55. The van der Waals surface area contributed by atoms with Crippen LogP contribution in [-0.2, 0) is 16.0 Å². The molecule has 1 aliphatic heterocycles. The van der Waals surface area contributed by atoms with Crippen molar-refractivity contribution in [3.05, 3.63) is 21.9 Å². The van der Waals surface area contributed by atoms with Crippen LogP contribution in [0.2, 0.25) is 0 Å². The summed E-state index contributed by atoms with van der Waals surface area (Å²) in [6.07, 6.45) is 6.62. The number of carbonyl (C=O) groups is 2. The van der Waals surface area contributed by atoms with Crippen LogP contribution in [0.1, 0.15) is 53.6 Å². The fourth-order valence-corrected chi connectivity index (χ4v) is 9.65. The van der Waals surface area contributed by atoms with E-state index >= 15 is 0 Å². The van der Waals surface area contributed by atoms with Gasteiger partial charge in [-0.1, -0.05) is 13.3 Å². The predicted molar refractivity (Wildman–Crippen MR) is 110 cm³/mol. The summed E-state index contributed by atoms with van der Waals surface area (Å²) in [6, 6.07) is 3.83. The molecule has 2 heterocycles. The monoisotopic (exact) mass is 410 g/mol. The summed E-state index contributed by atoms with van der Waals surface area (Å²) in [5.41, 5.74) is 0. The van der Waals surface area contributed by atoms with Gasteiger partial charge in [-0.2, -0.15) is 0 Å². The van der Waals surface area contributed by atoms with Crippen molar-refractivity contribution in [2.75, 3.05) is 18.1 Å². The maximum atomic E-state index is 12.6. The van der Waals surface area contributed by atoms with Gasteiger partial charge in [0.2, 0.25) is 5.78 Å². The van der Waals surface area contributed by atoms with Gasteiger partial charge in [-0.3, -0.25) is 9.59 Å². The van der Waals surface area contributed by atoms with E-state index in [0.29, 0.717) is 20.8 Å². The van der Waals surface area contributed by atoms with Crippen LogP contribution in [0.3, 0.4) is 0 Å². The number of hydrogen-bond donors (Lipinski definition) is 0. The van der Waals surface area contributed by atoms with E-state index < -0.39 is 0 Å². The maximum absolute atomic E-state index is 12.6. The van der Waals surface area contributed by atoms with Gasteiger partial charge in [-0.05, 0) is 56.1 Å². The quantitative estimate of drug-likeness (QED) is 0.503. The molecule has 0 amide bonds. The highest BCUT2D eigenvalue weighted by atomic mass is 32.2. The van der Waals surface area contributed by atoms with Crippen molar-refractivity contribution >= 4 is 46.6 Å². The number of thioether (sulfide) groups is 2. The van der Waals surface area contributed by atoms with Crippen LogP contribution in [0.4, 0.5) is 0 Å². The lowest BCUT2D eigenvalue weighted by atomic mass is 9.67. The summed E-state index contributed by atoms with van der Waals surface area (Å²) in [7, 11) is 0. The Labute approximate surface area is 168 Å². The highest BCUT2D eigenvalue weighted by Crippen LogP contribution is 2.64. The van der Waals surface area contributed by atoms with E-state index in [2.05, 4.69) is 30.4 Å². The number of aryl methyl sites for hydroxylation is 1. The molecule has 6 heteroatoms. The zero-order valence-electron chi connectivity index (χ0n) is 15.2. The molecule has 3 fully saturated rings. The second kappa shape index (κ2) is 7.88. The summed E-state index contributed by atoms with van der Waals surface area (Å²) in [5.74, 6) is 3.53. The number of Topliss-reactive ketones (excluding diaryl/α,β-unsaturated/α-hetero) is 1. The molecule has 2 aliphatic carbocycles. The van der Waals surface area contributed by atoms with Crippen LogP contribution >= 0.6 is 34.9 Å². The number of ether oxygens (including phenoxy) is 1. The molecule has 142 valence electrons. The molecule has 0 radical (unpaired) electrons. The van der Waals surface area contributed by atoms with Gasteiger partial charge >= 0.3 is 5.97 Å². The summed E-state index contributed by atoms with van der Waals surface area (Å²) in [4.78, 5) is 26.8. The summed E-state index contributed by atoms with van der Waals surface area (Å²) in [6.45, 7) is 1.97. The molecule has 2 atom stereocenters. The first kappa shape index (κ1) is 18.9. The molecule has 0 aromatic carbocycles. The van der Waals surface area contributed by atoms with Crippen molar-refractivity contribution in [2.45, 2.75) is 49.5 Å². The topological polar surface area (TPSA) is 43.4 Å². The van der Waals surface area contributed by atoms with Crippen molar-refractivity contribution in [3.8, 4) is 0 Å². The normalized spacial score (nSPS) is 29.7. The third-order valence-electron chi connectivity index (χ3n) is 6.08. The molecule has 1 spiro atoms. The number of esters is 1. The van der Waals surface area contributed by atoms with Crippen LogP contribution in [-0.4, -0.2) is 33.9 Å². The number of rotatable bonds is 5. The fraction of sp³-hybridized carbons (Fsp3) is 0.700. The van der Waals surface area contributed by atoms with Crippen LogP contribution in [0.5, 0.6) is 0 Å². The first-order valence-electron chi connectivity index (χ1n) is 9.69. The van der Waals surface area contributed by atoms with Gasteiger partial charge < -0.3 is 4.74 Å². The lowest BCUT2D eigenvalue weighted by Crippen LogP contribution is -2.48. The maximum Gasteiger partial charge on any atom is 0.309 e. The molecule has 1 aromatic rings. The molecular weight excluding hydrogens is 384 g/mol. The summed E-state index contributed by atoms with van der Waals surface area (Å²) >= 11 is 5.81. The van der Waals surface area contributed by atoms with Crippen molar-refractivity contribution in [1.82, 2.24) is 0 Å². The van der Waals surface area contributed by atoms with Gasteiger partial charge in [0, 0.05) is 16.4 Å². The molecule has 3 nitrogen and oxygen atoms in total. The highest BCUT2D eigenvalue weighted by molar-refractivity contribution is 8.21. The van der Waals surface area contributed by atoms with Gasteiger partial charge in [0.25, 0.3) is 0 Å². The van der Waals surface area contributed by atoms with E-state index in [4.69, 9.17) is 4.74 Å². The van der Waals surface area contributed by atoms with E-state index in [1.807, 2.05) is 12.1 Å². The minimum Gasteiger partial charge on any atom is -0.457 e. The van der Waals surface area contributed by atoms with Crippen LogP contribution in [0, 0.1) is 17.8 Å². The standard InChI is InChI=1S/C20H26O3S3/c1-2-16-6-7-18(26-16)17(21)12-23-19(22)13-10-14-4-3-5-15(11-13)20(14)24-8-9-25-20/h6-7,13-15H,2-5,8-12H2,1H3. The second-order valence-electron chi connectivity index (χ2n) is 7.56. The van der Waals surface area contributed by atoms with E-state index in [-0.39, 0.29) is 24.3 Å². The Hall–Kier alpha value is -0.460. The molecule has 3 aliphatic rings. The zero-order valence-corrected chi connectivity index (χ0v) is 17.6. The molecule has 1 aromatic heterocycles. The number of thiophene rings is 1. The van der Waals surface area contributed by atoms with E-state index in [0.717, 1.165) is 19.3 Å². The van der Waals surface area contributed by atoms with Gasteiger partial charge in [0.05, 0.1) is 14.9 Å². The zero-order chi connectivity index (χ0) is 18.1. The van der Waals surface area contributed by atoms with Crippen LogP contribution < -0.4 is 0 Å².